The minimum absolute atomic E-state index is 0.0681. The topological polar surface area (TPSA) is 26.3 Å². The van der Waals surface area contributed by atoms with E-state index in [0.717, 1.165) is 5.39 Å². The van der Waals surface area contributed by atoms with Gasteiger partial charge in [-0.3, -0.25) is 4.79 Å². The van der Waals surface area contributed by atoms with Crippen LogP contribution in [0.1, 0.15) is 17.3 Å². The van der Waals surface area contributed by atoms with Gasteiger partial charge in [-0.25, -0.2) is 4.39 Å². The van der Waals surface area contributed by atoms with Gasteiger partial charge in [-0.05, 0) is 41.1 Å². The molecule has 0 saturated carbocycles. The van der Waals surface area contributed by atoms with E-state index in [0.29, 0.717) is 21.2 Å². The summed E-state index contributed by atoms with van der Waals surface area (Å²) in [5.41, 5.74) is 0.529. The Labute approximate surface area is 107 Å². The molecule has 0 atom stereocenters. The minimum atomic E-state index is -0.335. The summed E-state index contributed by atoms with van der Waals surface area (Å²) in [6.45, 7) is 1.48. The summed E-state index contributed by atoms with van der Waals surface area (Å²) in [4.78, 5) is 11.5. The highest BCUT2D eigenvalue weighted by Gasteiger charge is 2.14. The molecular weight excluding hydrogens is 287 g/mol. The maximum Gasteiger partial charge on any atom is 0.161 e. The molecule has 0 heterocycles. The Bertz CT molecular complexity index is 608. The fraction of sp³-hybridized carbons (Fsp3) is 0.154. The number of ether oxygens (including phenoxy) is 1. The van der Waals surface area contributed by atoms with Gasteiger partial charge >= 0.3 is 0 Å². The van der Waals surface area contributed by atoms with Crippen LogP contribution >= 0.6 is 15.9 Å². The summed E-state index contributed by atoms with van der Waals surface area (Å²) < 4.78 is 19.1. The molecule has 0 amide bonds. The second-order valence-electron chi connectivity index (χ2n) is 3.69. The third kappa shape index (κ3) is 2.05. The van der Waals surface area contributed by atoms with E-state index in [1.165, 1.54) is 26.2 Å². The molecule has 0 aliphatic carbocycles. The van der Waals surface area contributed by atoms with Gasteiger partial charge in [0.1, 0.15) is 11.6 Å². The molecule has 88 valence electrons. The van der Waals surface area contributed by atoms with E-state index in [2.05, 4.69) is 15.9 Å². The molecule has 0 saturated heterocycles. The first kappa shape index (κ1) is 12.0. The van der Waals surface area contributed by atoms with Crippen molar-refractivity contribution in [2.24, 2.45) is 0 Å². The number of fused-ring (bicyclic) bond motifs is 1. The molecule has 0 fully saturated rings. The Morgan fingerprint density at radius 1 is 1.29 bits per heavy atom. The fourth-order valence-electron chi connectivity index (χ4n) is 1.75. The molecular formula is C13H10BrFO2. The number of rotatable bonds is 2. The molecule has 2 aromatic rings. The molecule has 0 unspecified atom stereocenters. The third-order valence-electron chi connectivity index (χ3n) is 2.59. The third-order valence-corrected chi connectivity index (χ3v) is 3.45. The number of benzene rings is 2. The highest BCUT2D eigenvalue weighted by molar-refractivity contribution is 9.10. The monoisotopic (exact) mass is 296 g/mol. The van der Waals surface area contributed by atoms with Gasteiger partial charge in [-0.2, -0.15) is 0 Å². The predicted octanol–water partition coefficient (Wildman–Crippen LogP) is 3.95. The van der Waals surface area contributed by atoms with E-state index >= 15 is 0 Å². The standard InChI is InChI=1S/C13H10BrFO2/c1-7(16)10-6-12(17-2)11-5-8(15)3-4-9(11)13(10)14/h3-6H,1-2H3. The lowest BCUT2D eigenvalue weighted by atomic mass is 10.0. The first-order valence-electron chi connectivity index (χ1n) is 5.01. The van der Waals surface area contributed by atoms with Crippen LogP contribution in [-0.4, -0.2) is 12.9 Å². The van der Waals surface area contributed by atoms with Gasteiger partial charge in [0, 0.05) is 20.8 Å². The average Bonchev–Trinajstić information content (AvgIpc) is 2.29. The number of halogens is 2. The van der Waals surface area contributed by atoms with Crippen LogP contribution in [0.4, 0.5) is 4.39 Å². The summed E-state index contributed by atoms with van der Waals surface area (Å²) >= 11 is 3.37. The van der Waals surface area contributed by atoms with Crippen molar-refractivity contribution in [2.75, 3.05) is 7.11 Å². The highest BCUT2D eigenvalue weighted by atomic mass is 79.9. The van der Waals surface area contributed by atoms with E-state index in [1.54, 1.807) is 12.1 Å². The van der Waals surface area contributed by atoms with Crippen molar-refractivity contribution in [3.63, 3.8) is 0 Å². The lowest BCUT2D eigenvalue weighted by Gasteiger charge is -2.10. The van der Waals surface area contributed by atoms with Crippen molar-refractivity contribution in [3.05, 3.63) is 40.1 Å². The van der Waals surface area contributed by atoms with E-state index in [4.69, 9.17) is 4.74 Å². The number of hydrogen-bond donors (Lipinski definition) is 0. The molecule has 2 nitrogen and oxygen atoms in total. The van der Waals surface area contributed by atoms with Crippen molar-refractivity contribution < 1.29 is 13.9 Å². The molecule has 0 bridgehead atoms. The molecule has 17 heavy (non-hydrogen) atoms. The van der Waals surface area contributed by atoms with Gasteiger partial charge in [0.25, 0.3) is 0 Å². The van der Waals surface area contributed by atoms with Crippen molar-refractivity contribution >= 4 is 32.5 Å². The smallest absolute Gasteiger partial charge is 0.161 e. The quantitative estimate of drug-likeness (QED) is 0.784. The van der Waals surface area contributed by atoms with Gasteiger partial charge in [0.05, 0.1) is 7.11 Å². The number of Topliss-reactive ketones (excluding diaryl/α,β-unsaturated/α-hetero) is 1. The average molecular weight is 297 g/mol. The molecule has 4 heteroatoms. The lowest BCUT2D eigenvalue weighted by molar-refractivity contribution is 0.101. The Balaban J connectivity index is 2.89. The van der Waals surface area contributed by atoms with Gasteiger partial charge in [0.15, 0.2) is 5.78 Å². The van der Waals surface area contributed by atoms with E-state index in [9.17, 15) is 9.18 Å². The SMILES string of the molecule is COc1cc(C(C)=O)c(Br)c2ccc(F)cc12. The zero-order chi connectivity index (χ0) is 12.6. The number of ketones is 1. The summed E-state index contributed by atoms with van der Waals surface area (Å²) in [5, 5.41) is 1.40. The molecule has 2 rings (SSSR count). The number of hydrogen-bond acceptors (Lipinski definition) is 2. The zero-order valence-electron chi connectivity index (χ0n) is 9.38. The molecule has 2 aromatic carbocycles. The highest BCUT2D eigenvalue weighted by Crippen LogP contribution is 2.35. The lowest BCUT2D eigenvalue weighted by Crippen LogP contribution is -1.97. The molecule has 0 radical (unpaired) electrons. The van der Waals surface area contributed by atoms with E-state index in [1.807, 2.05) is 0 Å². The second-order valence-corrected chi connectivity index (χ2v) is 4.48. The van der Waals surface area contributed by atoms with E-state index in [-0.39, 0.29) is 11.6 Å². The number of carbonyl (C=O) groups is 1. The Kier molecular flexibility index (Phi) is 3.15. The fourth-order valence-corrected chi connectivity index (χ4v) is 2.49. The summed E-state index contributed by atoms with van der Waals surface area (Å²) in [7, 11) is 1.50. The van der Waals surface area contributed by atoms with Crippen molar-refractivity contribution in [1.82, 2.24) is 0 Å². The van der Waals surface area contributed by atoms with Crippen molar-refractivity contribution in [1.29, 1.82) is 0 Å². The Hall–Kier alpha value is -1.42. The first-order chi connectivity index (χ1) is 8.04. The van der Waals surface area contributed by atoms with Crippen LogP contribution < -0.4 is 4.74 Å². The summed E-state index contributed by atoms with van der Waals surface area (Å²) in [5.74, 6) is 0.0903. The van der Waals surface area contributed by atoms with E-state index < -0.39 is 0 Å². The van der Waals surface area contributed by atoms with Gasteiger partial charge < -0.3 is 4.74 Å². The van der Waals surface area contributed by atoms with Gasteiger partial charge in [-0.15, -0.1) is 0 Å². The largest absolute Gasteiger partial charge is 0.496 e. The van der Waals surface area contributed by atoms with Crippen LogP contribution in [-0.2, 0) is 0 Å². The van der Waals surface area contributed by atoms with Crippen LogP contribution in [0.5, 0.6) is 5.75 Å². The summed E-state index contributed by atoms with van der Waals surface area (Å²) in [6, 6.07) is 6.00. The number of carbonyl (C=O) groups excluding carboxylic acids is 1. The summed E-state index contributed by atoms with van der Waals surface area (Å²) in [6.07, 6.45) is 0. The maximum absolute atomic E-state index is 13.2. The first-order valence-corrected chi connectivity index (χ1v) is 5.80. The van der Waals surface area contributed by atoms with Gasteiger partial charge in [-0.1, -0.05) is 6.07 Å². The molecule has 0 spiro atoms. The molecule has 0 aromatic heterocycles. The molecule has 0 N–H and O–H groups in total. The number of methoxy groups -OCH3 is 1. The minimum Gasteiger partial charge on any atom is -0.496 e. The van der Waals surface area contributed by atoms with Crippen LogP contribution in [0, 0.1) is 5.82 Å². The van der Waals surface area contributed by atoms with Crippen LogP contribution in [0.25, 0.3) is 10.8 Å². The van der Waals surface area contributed by atoms with Crippen LogP contribution in [0.3, 0.4) is 0 Å². The molecule has 0 aliphatic heterocycles. The Morgan fingerprint density at radius 2 is 2.00 bits per heavy atom. The normalized spacial score (nSPS) is 10.6. The zero-order valence-corrected chi connectivity index (χ0v) is 11.0. The Morgan fingerprint density at radius 3 is 2.59 bits per heavy atom. The predicted molar refractivity (Wildman–Crippen MR) is 68.2 cm³/mol. The van der Waals surface area contributed by atoms with Crippen molar-refractivity contribution in [2.45, 2.75) is 6.92 Å². The molecule has 0 aliphatic rings. The van der Waals surface area contributed by atoms with Crippen LogP contribution in [0.2, 0.25) is 0 Å². The van der Waals surface area contributed by atoms with Gasteiger partial charge in [0.2, 0.25) is 0 Å². The maximum atomic E-state index is 13.2. The second kappa shape index (κ2) is 4.45. The van der Waals surface area contributed by atoms with Crippen molar-refractivity contribution in [3.8, 4) is 5.75 Å². The van der Waals surface area contributed by atoms with Crippen LogP contribution in [0.15, 0.2) is 28.7 Å².